The van der Waals surface area contributed by atoms with Crippen molar-refractivity contribution in [1.29, 1.82) is 0 Å². The third kappa shape index (κ3) is 12.1. The average molecular weight is 720 g/mol. The highest BCUT2D eigenvalue weighted by Gasteiger charge is 2.46. The molecule has 280 valence electrons. The van der Waals surface area contributed by atoms with Gasteiger partial charge in [0.1, 0.15) is 36.8 Å². The molecule has 1 aliphatic rings. The molecular weight excluding hydrogens is 670 g/mol. The molecule has 1 saturated heterocycles. The van der Waals surface area contributed by atoms with Gasteiger partial charge in [-0.25, -0.2) is 4.79 Å². The predicted molar refractivity (Wildman–Crippen MR) is 192 cm³/mol. The maximum atomic E-state index is 14.1. The average Bonchev–Trinajstić information content (AvgIpc) is 3.38. The van der Waals surface area contributed by atoms with Crippen LogP contribution in [-0.4, -0.2) is 94.9 Å². The van der Waals surface area contributed by atoms with Crippen LogP contribution < -0.4 is 27.0 Å². The smallest absolute Gasteiger partial charge is 0.326 e. The van der Waals surface area contributed by atoms with Crippen LogP contribution in [0.5, 0.6) is 0 Å². The van der Waals surface area contributed by atoms with Crippen molar-refractivity contribution in [3.63, 3.8) is 0 Å². The van der Waals surface area contributed by atoms with Crippen molar-refractivity contribution in [3.05, 3.63) is 82.2 Å². The standard InChI is InChI=1S/C36H49N9O7/c1-22(2)31(45-23(3)18-28(35(45)50)42-32(47)26(16-10-11-17-37)40-30(46)21-39-44-38)34(49)41-27(19-24-12-6-4-7-13-24)33(48)43-29(36(51)52)20-25-14-8-5-9-15-25/h4-9,12-15,22-23,26-29,31H,10-11,16-21,37H2,1-3H3,(H,40,46)(H,41,49)(H,42,47)(H,43,48)(H,51,52)/t23?,26-,27-,28-,29-,31-/m0/s1. The molecule has 16 heteroatoms. The summed E-state index contributed by atoms with van der Waals surface area (Å²) in [6, 6.07) is 11.8. The van der Waals surface area contributed by atoms with Gasteiger partial charge in [-0.15, -0.1) is 0 Å². The molecule has 1 heterocycles. The molecule has 0 aliphatic carbocycles. The normalized spacial score (nSPS) is 17.6. The van der Waals surface area contributed by atoms with Crippen LogP contribution in [0.1, 0.15) is 57.6 Å². The minimum absolute atomic E-state index is 0.0286. The summed E-state index contributed by atoms with van der Waals surface area (Å²) in [5.74, 6) is -4.73. The van der Waals surface area contributed by atoms with Gasteiger partial charge in [-0.2, -0.15) is 0 Å². The van der Waals surface area contributed by atoms with Crippen LogP contribution in [0, 0.1) is 5.92 Å². The Bertz CT molecular complexity index is 1580. The molecule has 1 aliphatic heterocycles. The van der Waals surface area contributed by atoms with E-state index in [1.807, 2.05) is 6.07 Å². The lowest BCUT2D eigenvalue weighted by atomic mass is 9.98. The number of nitrogens with zero attached hydrogens (tertiary/aromatic N) is 4. The van der Waals surface area contributed by atoms with E-state index in [2.05, 4.69) is 31.3 Å². The quantitative estimate of drug-likeness (QED) is 0.0506. The number of azide groups is 1. The number of aliphatic carboxylic acids is 1. The van der Waals surface area contributed by atoms with E-state index >= 15 is 0 Å². The fourth-order valence-corrected chi connectivity index (χ4v) is 6.24. The molecule has 7 N–H and O–H groups in total. The molecule has 2 aromatic rings. The van der Waals surface area contributed by atoms with Gasteiger partial charge in [0.2, 0.25) is 29.5 Å². The van der Waals surface area contributed by atoms with Gasteiger partial charge in [0, 0.05) is 23.8 Å². The van der Waals surface area contributed by atoms with E-state index in [0.717, 1.165) is 5.56 Å². The van der Waals surface area contributed by atoms with Gasteiger partial charge in [0.15, 0.2) is 0 Å². The third-order valence-corrected chi connectivity index (χ3v) is 8.81. The second-order valence-electron chi connectivity index (χ2n) is 13.2. The van der Waals surface area contributed by atoms with Gasteiger partial charge in [-0.1, -0.05) is 79.6 Å². The molecular formula is C36H49N9O7. The van der Waals surface area contributed by atoms with Crippen molar-refractivity contribution in [1.82, 2.24) is 26.2 Å². The molecule has 0 bridgehead atoms. The van der Waals surface area contributed by atoms with Crippen LogP contribution in [0.2, 0.25) is 0 Å². The van der Waals surface area contributed by atoms with E-state index < -0.39 is 84.2 Å². The number of nitrogens with one attached hydrogen (secondary N) is 4. The number of nitrogens with two attached hydrogens (primary N) is 1. The number of likely N-dealkylation sites (tertiary alicyclic amines) is 1. The molecule has 1 fully saturated rings. The summed E-state index contributed by atoms with van der Waals surface area (Å²) in [7, 11) is 0. The highest BCUT2D eigenvalue weighted by Crippen LogP contribution is 2.26. The number of rotatable bonds is 20. The number of unbranched alkanes of at least 4 members (excludes halogenated alkanes) is 1. The summed E-state index contributed by atoms with van der Waals surface area (Å²) in [4.78, 5) is 83.4. The molecule has 0 saturated carbocycles. The first-order valence-electron chi connectivity index (χ1n) is 17.4. The van der Waals surface area contributed by atoms with Crippen LogP contribution in [0.3, 0.4) is 0 Å². The molecule has 0 aromatic heterocycles. The largest absolute Gasteiger partial charge is 0.480 e. The van der Waals surface area contributed by atoms with Gasteiger partial charge in [-0.05, 0) is 61.7 Å². The Morgan fingerprint density at radius 1 is 0.885 bits per heavy atom. The summed E-state index contributed by atoms with van der Waals surface area (Å²) in [6.45, 7) is 5.16. The highest BCUT2D eigenvalue weighted by atomic mass is 16.4. The van der Waals surface area contributed by atoms with Crippen LogP contribution in [0.15, 0.2) is 65.8 Å². The van der Waals surface area contributed by atoms with Gasteiger partial charge >= 0.3 is 5.97 Å². The third-order valence-electron chi connectivity index (χ3n) is 8.81. The first-order valence-corrected chi connectivity index (χ1v) is 17.4. The Morgan fingerprint density at radius 2 is 1.46 bits per heavy atom. The lowest BCUT2D eigenvalue weighted by molar-refractivity contribution is -0.144. The van der Waals surface area contributed by atoms with E-state index in [4.69, 9.17) is 11.3 Å². The Morgan fingerprint density at radius 3 is 2.00 bits per heavy atom. The van der Waals surface area contributed by atoms with E-state index in [1.54, 1.807) is 75.4 Å². The van der Waals surface area contributed by atoms with Gasteiger partial charge in [0.05, 0.1) is 0 Å². The molecule has 2 aromatic carbocycles. The van der Waals surface area contributed by atoms with Gasteiger partial charge < -0.3 is 37.0 Å². The molecule has 5 amide bonds. The van der Waals surface area contributed by atoms with Crippen LogP contribution in [0.4, 0.5) is 0 Å². The second-order valence-corrected chi connectivity index (χ2v) is 13.2. The number of hydrogen-bond donors (Lipinski definition) is 6. The van der Waals surface area contributed by atoms with E-state index in [1.165, 1.54) is 4.90 Å². The predicted octanol–water partition coefficient (Wildman–Crippen LogP) is 1.58. The second kappa shape index (κ2) is 20.4. The number of carboxylic acid groups (broad SMARTS) is 1. The van der Waals surface area contributed by atoms with E-state index in [9.17, 15) is 33.9 Å². The zero-order chi connectivity index (χ0) is 38.2. The zero-order valence-electron chi connectivity index (χ0n) is 29.7. The Hall–Kier alpha value is -5.47. The summed E-state index contributed by atoms with van der Waals surface area (Å²) < 4.78 is 0. The maximum Gasteiger partial charge on any atom is 0.326 e. The summed E-state index contributed by atoms with van der Waals surface area (Å²) in [6.07, 6.45) is 1.62. The van der Waals surface area contributed by atoms with E-state index in [-0.39, 0.29) is 25.7 Å². The molecule has 1 unspecified atom stereocenters. The first-order chi connectivity index (χ1) is 24.9. The highest BCUT2D eigenvalue weighted by molar-refractivity contribution is 5.97. The number of amides is 5. The van der Waals surface area contributed by atoms with Crippen molar-refractivity contribution < 1.29 is 33.9 Å². The van der Waals surface area contributed by atoms with Crippen molar-refractivity contribution in [2.45, 2.75) is 95.5 Å². The Kier molecular flexibility index (Phi) is 16.1. The minimum atomic E-state index is -1.27. The summed E-state index contributed by atoms with van der Waals surface area (Å²) in [5, 5.41) is 23.8. The van der Waals surface area contributed by atoms with Crippen molar-refractivity contribution in [2.75, 3.05) is 13.1 Å². The summed E-state index contributed by atoms with van der Waals surface area (Å²) in [5.41, 5.74) is 15.6. The zero-order valence-corrected chi connectivity index (χ0v) is 29.7. The summed E-state index contributed by atoms with van der Waals surface area (Å²) >= 11 is 0. The molecule has 16 nitrogen and oxygen atoms in total. The van der Waals surface area contributed by atoms with Crippen LogP contribution in [0.25, 0.3) is 10.4 Å². The van der Waals surface area contributed by atoms with Crippen molar-refractivity contribution in [3.8, 4) is 0 Å². The Labute approximate surface area is 302 Å². The minimum Gasteiger partial charge on any atom is -0.480 e. The van der Waals surface area contributed by atoms with Crippen LogP contribution in [-0.2, 0) is 41.6 Å². The molecule has 0 radical (unpaired) electrons. The Balaban J connectivity index is 1.80. The SMILES string of the molecule is CC(C)[C@@H](C(=O)N[C@@H](Cc1ccccc1)C(=O)N[C@@H](Cc1ccccc1)C(=O)O)N1C(=O)[C@@H](NC(=O)[C@H](CCCCN)NC(=O)CN=[N+]=[N-])CC1C. The number of hydrogen-bond acceptors (Lipinski definition) is 8. The number of carbonyl (C=O) groups is 6. The van der Waals surface area contributed by atoms with Crippen LogP contribution >= 0.6 is 0 Å². The monoisotopic (exact) mass is 719 g/mol. The molecule has 52 heavy (non-hydrogen) atoms. The fraction of sp³-hybridized carbons (Fsp3) is 0.500. The molecule has 0 spiro atoms. The molecule has 3 rings (SSSR count). The van der Waals surface area contributed by atoms with Gasteiger partial charge in [-0.3, -0.25) is 24.0 Å². The maximum absolute atomic E-state index is 14.1. The lowest BCUT2D eigenvalue weighted by Crippen LogP contribution is -2.59. The fourth-order valence-electron chi connectivity index (χ4n) is 6.24. The van der Waals surface area contributed by atoms with E-state index in [0.29, 0.717) is 24.9 Å². The number of benzene rings is 2. The van der Waals surface area contributed by atoms with Crippen molar-refractivity contribution >= 4 is 35.5 Å². The first kappa shape index (κ1) is 41.0. The lowest BCUT2D eigenvalue weighted by Gasteiger charge is -2.34. The molecule has 6 atom stereocenters. The van der Waals surface area contributed by atoms with Gasteiger partial charge in [0.25, 0.3) is 0 Å². The van der Waals surface area contributed by atoms with Crippen molar-refractivity contribution in [2.24, 2.45) is 16.8 Å². The topological polar surface area (TPSA) is 249 Å². The number of carbonyl (C=O) groups excluding carboxylic acids is 5. The number of carboxylic acids is 1.